The van der Waals surface area contributed by atoms with Crippen LogP contribution in [0.3, 0.4) is 0 Å². The van der Waals surface area contributed by atoms with E-state index in [1.54, 1.807) is 0 Å². The van der Waals surface area contributed by atoms with E-state index in [0.29, 0.717) is 18.0 Å². The summed E-state index contributed by atoms with van der Waals surface area (Å²) in [5, 5.41) is 7.41. The van der Waals surface area contributed by atoms with Crippen molar-refractivity contribution in [3.63, 3.8) is 0 Å². The van der Waals surface area contributed by atoms with Gasteiger partial charge in [-0.1, -0.05) is 25.5 Å². The largest absolute Gasteiger partial charge is 0.494 e. The molecule has 2 N–H and O–H groups in total. The first kappa shape index (κ1) is 16.7. The van der Waals surface area contributed by atoms with Gasteiger partial charge in [-0.2, -0.15) is 0 Å². The van der Waals surface area contributed by atoms with Gasteiger partial charge < -0.3 is 20.1 Å². The Labute approximate surface area is 139 Å². The molecule has 4 nitrogen and oxygen atoms in total. The third-order valence-corrected chi connectivity index (χ3v) is 5.00. The molecule has 1 aromatic carbocycles. The molecule has 3 unspecified atom stereocenters. The minimum absolute atomic E-state index is 0.522. The Morgan fingerprint density at radius 1 is 1.26 bits per heavy atom. The van der Waals surface area contributed by atoms with E-state index in [-0.39, 0.29) is 0 Å². The summed E-state index contributed by atoms with van der Waals surface area (Å²) in [5.74, 6) is 1.67. The van der Waals surface area contributed by atoms with Crippen LogP contribution in [0.25, 0.3) is 0 Å². The SMILES string of the molecule is CCCOc1ccc(CNC2CCCC2C2COCCN2)cc1. The van der Waals surface area contributed by atoms with E-state index < -0.39 is 0 Å². The maximum atomic E-state index is 5.65. The molecule has 0 radical (unpaired) electrons. The third-order valence-electron chi connectivity index (χ3n) is 5.00. The lowest BCUT2D eigenvalue weighted by Crippen LogP contribution is -2.50. The van der Waals surface area contributed by atoms with Gasteiger partial charge in [-0.05, 0) is 42.9 Å². The summed E-state index contributed by atoms with van der Waals surface area (Å²) in [6.45, 7) is 6.57. The van der Waals surface area contributed by atoms with Gasteiger partial charge in [0.1, 0.15) is 5.75 Å². The first-order valence-electron chi connectivity index (χ1n) is 9.13. The molecule has 128 valence electrons. The van der Waals surface area contributed by atoms with Crippen LogP contribution in [0.4, 0.5) is 0 Å². The van der Waals surface area contributed by atoms with Crippen molar-refractivity contribution in [1.82, 2.24) is 10.6 Å². The molecule has 1 aliphatic carbocycles. The third kappa shape index (κ3) is 4.69. The van der Waals surface area contributed by atoms with E-state index in [2.05, 4.69) is 41.8 Å². The minimum atomic E-state index is 0.522. The summed E-state index contributed by atoms with van der Waals surface area (Å²) in [5.41, 5.74) is 1.33. The fourth-order valence-corrected chi connectivity index (χ4v) is 3.76. The molecule has 0 bridgehead atoms. The predicted octanol–water partition coefficient (Wildman–Crippen LogP) is 2.72. The lowest BCUT2D eigenvalue weighted by atomic mass is 9.94. The standard InChI is InChI=1S/C19H30N2O2/c1-2-11-23-16-8-6-15(7-9-16)13-21-18-5-3-4-17(18)19-14-22-12-10-20-19/h6-9,17-21H,2-5,10-14H2,1H3. The number of rotatable bonds is 7. The number of benzene rings is 1. The molecule has 3 rings (SSSR count). The zero-order valence-corrected chi connectivity index (χ0v) is 14.2. The Hall–Kier alpha value is -1.10. The van der Waals surface area contributed by atoms with Gasteiger partial charge in [-0.15, -0.1) is 0 Å². The van der Waals surface area contributed by atoms with E-state index in [9.17, 15) is 0 Å². The van der Waals surface area contributed by atoms with Crippen LogP contribution in [0.5, 0.6) is 5.75 Å². The highest BCUT2D eigenvalue weighted by Gasteiger charge is 2.34. The molecule has 1 saturated carbocycles. The molecule has 2 aliphatic rings. The fourth-order valence-electron chi connectivity index (χ4n) is 3.76. The topological polar surface area (TPSA) is 42.5 Å². The molecule has 2 fully saturated rings. The van der Waals surface area contributed by atoms with Crippen molar-refractivity contribution in [2.24, 2.45) is 5.92 Å². The predicted molar refractivity (Wildman–Crippen MR) is 92.8 cm³/mol. The van der Waals surface area contributed by atoms with Crippen molar-refractivity contribution < 1.29 is 9.47 Å². The van der Waals surface area contributed by atoms with Gasteiger partial charge >= 0.3 is 0 Å². The smallest absolute Gasteiger partial charge is 0.119 e. The molecule has 1 aromatic rings. The highest BCUT2D eigenvalue weighted by atomic mass is 16.5. The highest BCUT2D eigenvalue weighted by Crippen LogP contribution is 2.29. The van der Waals surface area contributed by atoms with Gasteiger partial charge in [0.2, 0.25) is 0 Å². The number of ether oxygens (including phenoxy) is 2. The molecule has 1 aliphatic heterocycles. The second-order valence-electron chi connectivity index (χ2n) is 6.71. The molecule has 1 heterocycles. The van der Waals surface area contributed by atoms with Crippen LogP contribution < -0.4 is 15.4 Å². The summed E-state index contributed by atoms with van der Waals surface area (Å²) >= 11 is 0. The summed E-state index contributed by atoms with van der Waals surface area (Å²) in [7, 11) is 0. The van der Waals surface area contributed by atoms with Crippen LogP contribution in [0.2, 0.25) is 0 Å². The molecule has 0 aromatic heterocycles. The molecule has 0 amide bonds. The number of nitrogens with one attached hydrogen (secondary N) is 2. The van der Waals surface area contributed by atoms with Crippen LogP contribution in [0, 0.1) is 5.92 Å². The first-order valence-corrected chi connectivity index (χ1v) is 9.13. The molecule has 23 heavy (non-hydrogen) atoms. The van der Waals surface area contributed by atoms with Gasteiger partial charge in [-0.25, -0.2) is 0 Å². The molecule has 1 saturated heterocycles. The van der Waals surface area contributed by atoms with E-state index in [1.165, 1.54) is 24.8 Å². The van der Waals surface area contributed by atoms with E-state index in [0.717, 1.165) is 45.1 Å². The van der Waals surface area contributed by atoms with Crippen molar-refractivity contribution in [3.8, 4) is 5.75 Å². The fraction of sp³-hybridized carbons (Fsp3) is 0.684. The van der Waals surface area contributed by atoms with E-state index >= 15 is 0 Å². The van der Waals surface area contributed by atoms with Gasteiger partial charge in [-0.3, -0.25) is 0 Å². The van der Waals surface area contributed by atoms with Gasteiger partial charge in [0.05, 0.1) is 19.8 Å². The Morgan fingerprint density at radius 2 is 2.13 bits per heavy atom. The molecular weight excluding hydrogens is 288 g/mol. The Morgan fingerprint density at radius 3 is 2.87 bits per heavy atom. The molecule has 0 spiro atoms. The van der Waals surface area contributed by atoms with Gasteiger partial charge in [0, 0.05) is 25.2 Å². The van der Waals surface area contributed by atoms with Gasteiger partial charge in [0.25, 0.3) is 0 Å². The lowest BCUT2D eigenvalue weighted by molar-refractivity contribution is 0.0524. The maximum absolute atomic E-state index is 5.65. The van der Waals surface area contributed by atoms with E-state index in [4.69, 9.17) is 9.47 Å². The van der Waals surface area contributed by atoms with Crippen LogP contribution in [0.1, 0.15) is 38.2 Å². The monoisotopic (exact) mass is 318 g/mol. The molecule has 3 atom stereocenters. The lowest BCUT2D eigenvalue weighted by Gasteiger charge is -2.33. The van der Waals surface area contributed by atoms with Crippen molar-refractivity contribution in [2.75, 3.05) is 26.4 Å². The second kappa shape index (κ2) is 8.67. The van der Waals surface area contributed by atoms with Crippen molar-refractivity contribution in [1.29, 1.82) is 0 Å². The number of hydrogen-bond donors (Lipinski definition) is 2. The zero-order chi connectivity index (χ0) is 15.9. The van der Waals surface area contributed by atoms with Crippen molar-refractivity contribution >= 4 is 0 Å². The summed E-state index contributed by atoms with van der Waals surface area (Å²) in [4.78, 5) is 0. The van der Waals surface area contributed by atoms with Crippen LogP contribution in [-0.2, 0) is 11.3 Å². The van der Waals surface area contributed by atoms with Crippen LogP contribution in [-0.4, -0.2) is 38.4 Å². The van der Waals surface area contributed by atoms with Crippen LogP contribution in [0.15, 0.2) is 24.3 Å². The number of hydrogen-bond acceptors (Lipinski definition) is 4. The second-order valence-corrected chi connectivity index (χ2v) is 6.71. The average Bonchev–Trinajstić information content (AvgIpc) is 3.08. The Kier molecular flexibility index (Phi) is 6.31. The number of morpholine rings is 1. The zero-order valence-electron chi connectivity index (χ0n) is 14.2. The maximum Gasteiger partial charge on any atom is 0.119 e. The quantitative estimate of drug-likeness (QED) is 0.811. The summed E-state index contributed by atoms with van der Waals surface area (Å²) in [6, 6.07) is 9.62. The van der Waals surface area contributed by atoms with Crippen LogP contribution >= 0.6 is 0 Å². The summed E-state index contributed by atoms with van der Waals surface area (Å²) in [6.07, 6.45) is 4.96. The van der Waals surface area contributed by atoms with E-state index in [1.807, 2.05) is 0 Å². The van der Waals surface area contributed by atoms with Gasteiger partial charge in [0.15, 0.2) is 0 Å². The minimum Gasteiger partial charge on any atom is -0.494 e. The normalized spacial score (nSPS) is 28.0. The summed E-state index contributed by atoms with van der Waals surface area (Å²) < 4.78 is 11.3. The molecule has 4 heteroatoms. The Balaban J connectivity index is 1.48. The molecular formula is C19H30N2O2. The Bertz CT molecular complexity index is 457. The first-order chi connectivity index (χ1) is 11.4. The van der Waals surface area contributed by atoms with Crippen molar-refractivity contribution in [3.05, 3.63) is 29.8 Å². The van der Waals surface area contributed by atoms with Crippen molar-refractivity contribution in [2.45, 2.75) is 51.2 Å². The highest BCUT2D eigenvalue weighted by molar-refractivity contribution is 5.27. The average molecular weight is 318 g/mol.